The molecule has 88 valence electrons. The summed E-state index contributed by atoms with van der Waals surface area (Å²) in [5.41, 5.74) is -3.47. The van der Waals surface area contributed by atoms with Crippen LogP contribution in [-0.4, -0.2) is 26.9 Å². The number of hydrogen-bond acceptors (Lipinski definition) is 3. The van der Waals surface area contributed by atoms with Gasteiger partial charge in [-0.2, -0.15) is 0 Å². The van der Waals surface area contributed by atoms with Gasteiger partial charge in [0.2, 0.25) is 0 Å². The molecule has 5 nitrogen and oxygen atoms in total. The Bertz CT molecular complexity index is 523. The minimum Gasteiger partial charge on any atom is -0.396 e. The summed E-state index contributed by atoms with van der Waals surface area (Å²) in [5.74, 6) is 0. The second kappa shape index (κ2) is 3.28. The van der Waals surface area contributed by atoms with Crippen molar-refractivity contribution in [1.29, 1.82) is 0 Å². The van der Waals surface area contributed by atoms with E-state index in [1.54, 1.807) is 6.92 Å². The monoisotopic (exact) mass is 228 g/mol. The first-order valence-electron chi connectivity index (χ1n) is 5.00. The molecule has 2 rings (SSSR count). The molecular formula is C10H13FN2O3. The number of hydrogen-bond donors (Lipinski definition) is 2. The van der Waals surface area contributed by atoms with E-state index in [0.29, 0.717) is 0 Å². The number of H-pyrrole nitrogens is 1. The first-order valence-corrected chi connectivity index (χ1v) is 5.00. The van der Waals surface area contributed by atoms with Crippen LogP contribution in [0.3, 0.4) is 0 Å². The molecule has 0 aliphatic heterocycles. The maximum Gasteiger partial charge on any atom is 0.328 e. The van der Waals surface area contributed by atoms with Crippen molar-refractivity contribution in [2.75, 3.05) is 6.61 Å². The molecule has 0 spiro atoms. The van der Waals surface area contributed by atoms with Crippen molar-refractivity contribution in [3.63, 3.8) is 0 Å². The summed E-state index contributed by atoms with van der Waals surface area (Å²) in [6.45, 7) is 1.24. The zero-order valence-electron chi connectivity index (χ0n) is 8.86. The molecule has 2 atom stereocenters. The molecule has 1 aromatic heterocycles. The van der Waals surface area contributed by atoms with Gasteiger partial charge in [0.1, 0.15) is 5.67 Å². The minimum atomic E-state index is -1.57. The van der Waals surface area contributed by atoms with Crippen molar-refractivity contribution in [1.82, 2.24) is 9.55 Å². The summed E-state index contributed by atoms with van der Waals surface area (Å²) in [4.78, 5) is 24.2. The Balaban J connectivity index is 2.24. The van der Waals surface area contributed by atoms with Crippen LogP contribution >= 0.6 is 0 Å². The number of halogens is 1. The van der Waals surface area contributed by atoms with Gasteiger partial charge in [-0.25, -0.2) is 9.18 Å². The van der Waals surface area contributed by atoms with E-state index in [4.69, 9.17) is 5.11 Å². The smallest absolute Gasteiger partial charge is 0.328 e. The van der Waals surface area contributed by atoms with Crippen molar-refractivity contribution >= 4 is 0 Å². The van der Waals surface area contributed by atoms with Gasteiger partial charge in [0.05, 0.1) is 13.2 Å². The third-order valence-corrected chi connectivity index (χ3v) is 3.29. The molecule has 16 heavy (non-hydrogen) atoms. The van der Waals surface area contributed by atoms with E-state index in [2.05, 4.69) is 4.98 Å². The third kappa shape index (κ3) is 1.59. The quantitative estimate of drug-likeness (QED) is 0.742. The average molecular weight is 228 g/mol. The minimum absolute atomic E-state index is 0.139. The molecule has 0 aromatic carbocycles. The summed E-state index contributed by atoms with van der Waals surface area (Å²) in [6.07, 6.45) is 1.49. The Morgan fingerprint density at radius 2 is 2.31 bits per heavy atom. The molecule has 0 saturated heterocycles. The molecule has 1 heterocycles. The van der Waals surface area contributed by atoms with Crippen LogP contribution in [0.5, 0.6) is 0 Å². The lowest BCUT2D eigenvalue weighted by Gasteiger charge is -2.13. The molecular weight excluding hydrogens is 215 g/mol. The topological polar surface area (TPSA) is 75.1 Å². The Morgan fingerprint density at radius 1 is 1.62 bits per heavy atom. The van der Waals surface area contributed by atoms with Crippen molar-refractivity contribution in [2.24, 2.45) is 5.41 Å². The summed E-state index contributed by atoms with van der Waals surface area (Å²) < 4.78 is 15.2. The van der Waals surface area contributed by atoms with Crippen LogP contribution in [0.15, 0.2) is 21.9 Å². The van der Waals surface area contributed by atoms with Crippen LogP contribution in [0.4, 0.5) is 4.39 Å². The van der Waals surface area contributed by atoms with Gasteiger partial charge < -0.3 is 5.11 Å². The van der Waals surface area contributed by atoms with Gasteiger partial charge in [-0.1, -0.05) is 6.92 Å². The third-order valence-electron chi connectivity index (χ3n) is 3.29. The SMILES string of the molecule is C[C@]1(CO)C[C@]1(F)Cn1ccc(=O)[nH]c1=O. The van der Waals surface area contributed by atoms with Gasteiger partial charge in [-0.05, 0) is 6.42 Å². The van der Waals surface area contributed by atoms with Crippen LogP contribution in [0.2, 0.25) is 0 Å². The lowest BCUT2D eigenvalue weighted by molar-refractivity contribution is 0.137. The first-order chi connectivity index (χ1) is 7.40. The van der Waals surface area contributed by atoms with Gasteiger partial charge in [0.25, 0.3) is 5.56 Å². The molecule has 1 aliphatic rings. The van der Waals surface area contributed by atoms with Crippen molar-refractivity contribution < 1.29 is 9.50 Å². The molecule has 0 bridgehead atoms. The molecule has 0 amide bonds. The Morgan fingerprint density at radius 3 is 2.81 bits per heavy atom. The van der Waals surface area contributed by atoms with Gasteiger partial charge in [0, 0.05) is 17.7 Å². The predicted octanol–water partition coefficient (Wildman–Crippen LogP) is -0.353. The van der Waals surface area contributed by atoms with Crippen LogP contribution < -0.4 is 11.2 Å². The Kier molecular flexibility index (Phi) is 2.27. The molecule has 1 aromatic rings. The number of aliphatic hydroxyl groups excluding tert-OH is 1. The zero-order valence-corrected chi connectivity index (χ0v) is 8.86. The number of aromatic amines is 1. The van der Waals surface area contributed by atoms with Crippen LogP contribution in [0, 0.1) is 5.41 Å². The highest BCUT2D eigenvalue weighted by atomic mass is 19.1. The molecule has 1 aliphatic carbocycles. The van der Waals surface area contributed by atoms with Gasteiger partial charge in [-0.3, -0.25) is 14.3 Å². The van der Waals surface area contributed by atoms with E-state index >= 15 is 0 Å². The highest BCUT2D eigenvalue weighted by Gasteiger charge is 2.65. The average Bonchev–Trinajstić information content (AvgIpc) is 2.75. The molecule has 1 fully saturated rings. The van der Waals surface area contributed by atoms with Crippen LogP contribution in [0.25, 0.3) is 0 Å². The van der Waals surface area contributed by atoms with E-state index in [1.165, 1.54) is 12.3 Å². The van der Waals surface area contributed by atoms with Gasteiger partial charge in [0.15, 0.2) is 0 Å². The Hall–Kier alpha value is -1.43. The van der Waals surface area contributed by atoms with E-state index in [-0.39, 0.29) is 19.6 Å². The van der Waals surface area contributed by atoms with Crippen molar-refractivity contribution in [3.05, 3.63) is 33.1 Å². The van der Waals surface area contributed by atoms with Crippen molar-refractivity contribution in [2.45, 2.75) is 25.6 Å². The van der Waals surface area contributed by atoms with Crippen molar-refractivity contribution in [3.8, 4) is 0 Å². The number of aliphatic hydroxyl groups is 1. The summed E-state index contributed by atoms with van der Waals surface area (Å²) >= 11 is 0. The second-order valence-corrected chi connectivity index (χ2v) is 4.60. The highest BCUT2D eigenvalue weighted by molar-refractivity contribution is 5.14. The molecule has 1 saturated carbocycles. The van der Waals surface area contributed by atoms with E-state index in [9.17, 15) is 14.0 Å². The number of nitrogens with zero attached hydrogens (tertiary/aromatic N) is 1. The summed E-state index contributed by atoms with van der Waals surface area (Å²) in [7, 11) is 0. The fraction of sp³-hybridized carbons (Fsp3) is 0.600. The largest absolute Gasteiger partial charge is 0.396 e. The van der Waals surface area contributed by atoms with E-state index in [1.807, 2.05) is 0 Å². The van der Waals surface area contributed by atoms with E-state index in [0.717, 1.165) is 4.57 Å². The van der Waals surface area contributed by atoms with Gasteiger partial charge >= 0.3 is 5.69 Å². The zero-order chi connectivity index (χ0) is 12.0. The van der Waals surface area contributed by atoms with Gasteiger partial charge in [-0.15, -0.1) is 0 Å². The molecule has 0 radical (unpaired) electrons. The number of rotatable bonds is 3. The first kappa shape index (κ1) is 11.1. The normalized spacial score (nSPS) is 32.7. The number of aromatic nitrogens is 2. The Labute approximate surface area is 90.5 Å². The highest BCUT2D eigenvalue weighted by Crippen LogP contribution is 2.59. The number of nitrogens with one attached hydrogen (secondary N) is 1. The van der Waals surface area contributed by atoms with Crippen LogP contribution in [0.1, 0.15) is 13.3 Å². The molecule has 6 heteroatoms. The fourth-order valence-electron chi connectivity index (χ4n) is 1.86. The predicted molar refractivity (Wildman–Crippen MR) is 55.0 cm³/mol. The van der Waals surface area contributed by atoms with E-state index < -0.39 is 22.3 Å². The fourth-order valence-corrected chi connectivity index (χ4v) is 1.86. The summed E-state index contributed by atoms with van der Waals surface area (Å²) in [6, 6.07) is 1.17. The molecule has 0 unspecified atom stereocenters. The molecule has 2 N–H and O–H groups in total. The number of alkyl halides is 1. The maximum atomic E-state index is 14.1. The lowest BCUT2D eigenvalue weighted by atomic mass is 10.1. The lowest BCUT2D eigenvalue weighted by Crippen LogP contribution is -2.33. The van der Waals surface area contributed by atoms with Crippen LogP contribution in [-0.2, 0) is 6.54 Å². The summed E-state index contributed by atoms with van der Waals surface area (Å²) in [5, 5.41) is 9.01. The maximum absolute atomic E-state index is 14.1. The second-order valence-electron chi connectivity index (χ2n) is 4.60. The standard InChI is InChI=1S/C10H13FN2O3/c1-9(6-14)4-10(9,11)5-13-3-2-7(15)12-8(13)16/h2-3,14H,4-6H2,1H3,(H,12,15,16)/t9-,10+/m1/s1.